The predicted molar refractivity (Wildman–Crippen MR) is 61.7 cm³/mol. The second-order valence-electron chi connectivity index (χ2n) is 2.68. The molecule has 0 heterocycles. The van der Waals surface area contributed by atoms with E-state index in [1.807, 2.05) is 30.4 Å². The topological polar surface area (TPSA) is 29.4 Å². The summed E-state index contributed by atoms with van der Waals surface area (Å²) in [5.74, 6) is 0.815. The normalized spacial score (nSPS) is 10.1. The van der Waals surface area contributed by atoms with Crippen molar-refractivity contribution in [3.8, 4) is 0 Å². The van der Waals surface area contributed by atoms with Gasteiger partial charge in [0.05, 0.1) is 5.69 Å². The van der Waals surface area contributed by atoms with Crippen LogP contribution in [0.4, 0.5) is 5.69 Å². The zero-order chi connectivity index (χ0) is 10.2. The molecule has 2 nitrogen and oxygen atoms in total. The van der Waals surface area contributed by atoms with E-state index in [1.54, 1.807) is 12.1 Å². The zero-order valence-electron chi connectivity index (χ0n) is 7.68. The molecule has 0 aliphatic rings. The van der Waals surface area contributed by atoms with Crippen molar-refractivity contribution < 1.29 is 4.79 Å². The van der Waals surface area contributed by atoms with Gasteiger partial charge >= 0.3 is 0 Å². The third kappa shape index (κ3) is 3.21. The van der Waals surface area contributed by atoms with E-state index in [0.717, 1.165) is 17.7 Å². The van der Waals surface area contributed by atoms with Crippen molar-refractivity contribution in [2.75, 3.05) is 5.75 Å². The maximum Gasteiger partial charge on any atom is 0.240 e. The monoisotopic (exact) mass is 205 g/mol. The van der Waals surface area contributed by atoms with Gasteiger partial charge in [0.25, 0.3) is 0 Å². The van der Waals surface area contributed by atoms with Crippen LogP contribution in [0, 0.1) is 0 Å². The first-order chi connectivity index (χ1) is 6.88. The van der Waals surface area contributed by atoms with Crippen molar-refractivity contribution in [1.82, 2.24) is 0 Å². The molecule has 1 aromatic carbocycles. The smallest absolute Gasteiger partial charge is 0.211 e. The first kappa shape index (κ1) is 10.8. The Labute approximate surface area is 88.8 Å². The number of isocyanates is 1. The van der Waals surface area contributed by atoms with E-state index in [4.69, 9.17) is 0 Å². The number of para-hydroxylation sites is 1. The second kappa shape index (κ2) is 6.19. The van der Waals surface area contributed by atoms with E-state index in [-0.39, 0.29) is 0 Å². The molecule has 1 rings (SSSR count). The predicted octanol–water partition coefficient (Wildman–Crippen LogP) is 2.99. The number of hydrogen-bond donors (Lipinski definition) is 1. The zero-order valence-corrected chi connectivity index (χ0v) is 8.58. The maximum atomic E-state index is 10.1. The summed E-state index contributed by atoms with van der Waals surface area (Å²) in [4.78, 5) is 13.7. The lowest BCUT2D eigenvalue weighted by Gasteiger charge is -1.96. The van der Waals surface area contributed by atoms with Crippen molar-refractivity contribution in [2.45, 2.75) is 6.42 Å². The minimum atomic E-state index is 0.651. The molecule has 0 aromatic heterocycles. The van der Waals surface area contributed by atoms with Gasteiger partial charge in [-0.05, 0) is 18.2 Å². The van der Waals surface area contributed by atoms with Gasteiger partial charge in [-0.15, -0.1) is 0 Å². The molecule has 72 valence electrons. The van der Waals surface area contributed by atoms with Crippen LogP contribution in [0.25, 0.3) is 6.08 Å². The summed E-state index contributed by atoms with van der Waals surface area (Å²) >= 11 is 4.10. The van der Waals surface area contributed by atoms with Crippen LogP contribution in [0.15, 0.2) is 35.3 Å². The quantitative estimate of drug-likeness (QED) is 0.457. The lowest BCUT2D eigenvalue weighted by atomic mass is 10.1. The summed E-state index contributed by atoms with van der Waals surface area (Å²) in [6.07, 6.45) is 6.39. The molecule has 1 aromatic rings. The van der Waals surface area contributed by atoms with Crippen LogP contribution < -0.4 is 0 Å². The Hall–Kier alpha value is -1.31. The molecule has 0 atom stereocenters. The fraction of sp³-hybridized carbons (Fsp3) is 0.182. The van der Waals surface area contributed by atoms with E-state index >= 15 is 0 Å². The summed E-state index contributed by atoms with van der Waals surface area (Å²) in [5.41, 5.74) is 1.58. The first-order valence-electron chi connectivity index (χ1n) is 4.33. The van der Waals surface area contributed by atoms with Crippen molar-refractivity contribution in [1.29, 1.82) is 0 Å². The molecule has 0 aliphatic carbocycles. The fourth-order valence-corrected chi connectivity index (χ4v) is 1.21. The largest absolute Gasteiger partial charge is 0.240 e. The molecular weight excluding hydrogens is 194 g/mol. The van der Waals surface area contributed by atoms with Crippen molar-refractivity contribution in [3.05, 3.63) is 35.9 Å². The highest BCUT2D eigenvalue weighted by molar-refractivity contribution is 7.80. The number of nitrogens with zero attached hydrogens (tertiary/aromatic N) is 1. The lowest BCUT2D eigenvalue weighted by molar-refractivity contribution is 0.565. The fourth-order valence-electron chi connectivity index (χ4n) is 1.06. The number of carbonyl (C=O) groups excluding carboxylic acids is 1. The number of hydrogen-bond acceptors (Lipinski definition) is 3. The van der Waals surface area contributed by atoms with Crippen LogP contribution in [0.1, 0.15) is 12.0 Å². The molecule has 0 aliphatic heterocycles. The second-order valence-corrected chi connectivity index (χ2v) is 3.12. The maximum absolute atomic E-state index is 10.1. The van der Waals surface area contributed by atoms with Gasteiger partial charge in [0.1, 0.15) is 0 Å². The molecule has 0 spiro atoms. The van der Waals surface area contributed by atoms with Gasteiger partial charge in [-0.2, -0.15) is 17.6 Å². The van der Waals surface area contributed by atoms with Crippen LogP contribution in [-0.4, -0.2) is 11.8 Å². The Bertz CT molecular complexity index is 367. The standard InChI is InChI=1S/C11H11NOS/c13-9-12-11-7-2-1-5-10(11)6-3-4-8-14/h1-3,5-7,14H,4,8H2. The molecule has 0 fully saturated rings. The Morgan fingerprint density at radius 3 is 2.93 bits per heavy atom. The first-order valence-corrected chi connectivity index (χ1v) is 4.96. The van der Waals surface area contributed by atoms with E-state index in [2.05, 4.69) is 17.6 Å². The number of allylic oxidation sites excluding steroid dienone is 1. The highest BCUT2D eigenvalue weighted by atomic mass is 32.1. The molecule has 3 heteroatoms. The Morgan fingerprint density at radius 1 is 1.43 bits per heavy atom. The average molecular weight is 205 g/mol. The third-order valence-electron chi connectivity index (χ3n) is 1.70. The molecule has 0 saturated carbocycles. The summed E-state index contributed by atoms with van der Waals surface area (Å²) in [5, 5.41) is 0. The Balaban J connectivity index is 2.89. The Kier molecular flexibility index (Phi) is 4.76. The van der Waals surface area contributed by atoms with Crippen molar-refractivity contribution in [3.63, 3.8) is 0 Å². The van der Waals surface area contributed by atoms with E-state index in [0.29, 0.717) is 5.69 Å². The minimum absolute atomic E-state index is 0.651. The average Bonchev–Trinajstić information content (AvgIpc) is 2.21. The van der Waals surface area contributed by atoms with Crippen LogP contribution in [0.2, 0.25) is 0 Å². The number of aliphatic imine (C=N–C) groups is 1. The molecule has 0 N–H and O–H groups in total. The summed E-state index contributed by atoms with van der Waals surface area (Å²) in [6.45, 7) is 0. The Morgan fingerprint density at radius 2 is 2.21 bits per heavy atom. The molecule has 0 bridgehead atoms. The van der Waals surface area contributed by atoms with E-state index in [9.17, 15) is 4.79 Å². The number of benzene rings is 1. The van der Waals surface area contributed by atoms with Gasteiger partial charge in [0, 0.05) is 5.56 Å². The van der Waals surface area contributed by atoms with Gasteiger partial charge in [-0.1, -0.05) is 30.4 Å². The molecule has 0 amide bonds. The molecule has 0 unspecified atom stereocenters. The van der Waals surface area contributed by atoms with Gasteiger partial charge in [-0.25, -0.2) is 4.79 Å². The SMILES string of the molecule is O=C=Nc1ccccc1C=CCCS. The molecule has 0 saturated heterocycles. The van der Waals surface area contributed by atoms with Gasteiger partial charge < -0.3 is 0 Å². The van der Waals surface area contributed by atoms with Crippen LogP contribution in [0.3, 0.4) is 0 Å². The molecule has 0 radical (unpaired) electrons. The molecular formula is C11H11NOS. The van der Waals surface area contributed by atoms with Crippen molar-refractivity contribution in [2.24, 2.45) is 4.99 Å². The highest BCUT2D eigenvalue weighted by Crippen LogP contribution is 2.19. The minimum Gasteiger partial charge on any atom is -0.211 e. The van der Waals surface area contributed by atoms with Crippen LogP contribution in [0.5, 0.6) is 0 Å². The van der Waals surface area contributed by atoms with Crippen LogP contribution in [-0.2, 0) is 4.79 Å². The van der Waals surface area contributed by atoms with Gasteiger partial charge in [0.15, 0.2) is 0 Å². The van der Waals surface area contributed by atoms with Gasteiger partial charge in [-0.3, -0.25) is 0 Å². The summed E-state index contributed by atoms with van der Waals surface area (Å²) < 4.78 is 0. The van der Waals surface area contributed by atoms with E-state index in [1.165, 1.54) is 0 Å². The van der Waals surface area contributed by atoms with Crippen molar-refractivity contribution >= 4 is 30.5 Å². The van der Waals surface area contributed by atoms with E-state index < -0.39 is 0 Å². The summed E-state index contributed by atoms with van der Waals surface area (Å²) in [6, 6.07) is 7.44. The summed E-state index contributed by atoms with van der Waals surface area (Å²) in [7, 11) is 0. The van der Waals surface area contributed by atoms with Gasteiger partial charge in [0.2, 0.25) is 6.08 Å². The lowest BCUT2D eigenvalue weighted by Crippen LogP contribution is -1.74. The highest BCUT2D eigenvalue weighted by Gasteiger charge is 1.94. The number of thiol groups is 1. The third-order valence-corrected chi connectivity index (χ3v) is 1.95. The number of rotatable bonds is 4. The molecule has 14 heavy (non-hydrogen) atoms. The van der Waals surface area contributed by atoms with Crippen LogP contribution >= 0.6 is 12.6 Å².